The lowest BCUT2D eigenvalue weighted by Crippen LogP contribution is -2.28. The van der Waals surface area contributed by atoms with Crippen LogP contribution in [0.25, 0.3) is 0 Å². The van der Waals surface area contributed by atoms with Crippen LogP contribution in [0.5, 0.6) is 0 Å². The highest BCUT2D eigenvalue weighted by molar-refractivity contribution is 7.12. The van der Waals surface area contributed by atoms with E-state index in [4.69, 9.17) is 0 Å². The molecule has 34 heavy (non-hydrogen) atoms. The molecule has 0 aliphatic carbocycles. The van der Waals surface area contributed by atoms with Gasteiger partial charge in [0.25, 0.3) is 5.91 Å². The summed E-state index contributed by atoms with van der Waals surface area (Å²) >= 11 is 1.27. The van der Waals surface area contributed by atoms with Gasteiger partial charge in [-0.15, -0.1) is 11.3 Å². The van der Waals surface area contributed by atoms with Gasteiger partial charge in [0.05, 0.1) is 29.8 Å². The topological polar surface area (TPSA) is 72.5 Å². The van der Waals surface area contributed by atoms with E-state index in [1.165, 1.54) is 18.4 Å². The zero-order chi connectivity index (χ0) is 25.2. The summed E-state index contributed by atoms with van der Waals surface area (Å²) < 4.78 is 43.3. The van der Waals surface area contributed by atoms with Crippen LogP contribution in [0.1, 0.15) is 70.5 Å². The number of esters is 1. The minimum absolute atomic E-state index is 0.0643. The summed E-state index contributed by atoms with van der Waals surface area (Å²) in [5, 5.41) is 2.86. The summed E-state index contributed by atoms with van der Waals surface area (Å²) in [4.78, 5) is 39.1. The van der Waals surface area contributed by atoms with Crippen molar-refractivity contribution in [2.24, 2.45) is 0 Å². The van der Waals surface area contributed by atoms with Gasteiger partial charge in [-0.25, -0.2) is 4.79 Å². The summed E-state index contributed by atoms with van der Waals surface area (Å²) in [6.07, 6.45) is -4.51. The SMILES string of the molecule is COC(=O)c1ccc([C@H](C)NC(=O)c2c(C)sc(C)c2C(=O)c2ccc(C(F)(F)F)cc2)cc1. The van der Waals surface area contributed by atoms with Gasteiger partial charge >= 0.3 is 12.1 Å². The van der Waals surface area contributed by atoms with E-state index in [0.717, 1.165) is 29.8 Å². The second-order valence-electron chi connectivity index (χ2n) is 7.68. The molecule has 3 rings (SSSR count). The number of halogens is 3. The minimum Gasteiger partial charge on any atom is -0.465 e. The van der Waals surface area contributed by atoms with E-state index in [1.54, 1.807) is 45.0 Å². The molecule has 1 aromatic heterocycles. The third kappa shape index (κ3) is 5.20. The molecule has 0 radical (unpaired) electrons. The van der Waals surface area contributed by atoms with Gasteiger partial charge in [0.2, 0.25) is 0 Å². The molecule has 1 atom stereocenters. The Morgan fingerprint density at radius 2 is 1.41 bits per heavy atom. The van der Waals surface area contributed by atoms with Crippen molar-refractivity contribution in [3.63, 3.8) is 0 Å². The Labute approximate surface area is 198 Å². The standard InChI is InChI=1S/C25H22F3NO4S/c1-13(16-5-7-18(8-6-16)24(32)33-4)29-23(31)21-15(3)34-14(2)20(21)22(30)17-9-11-19(12-10-17)25(26,27)28/h5-13H,1-4H3,(H,29,31)/t13-/m0/s1. The second-order valence-corrected chi connectivity index (χ2v) is 9.11. The number of aryl methyl sites for hydroxylation is 2. The number of hydrogen-bond acceptors (Lipinski definition) is 5. The number of hydrogen-bond donors (Lipinski definition) is 1. The first-order valence-corrected chi connectivity index (χ1v) is 11.1. The molecule has 1 heterocycles. The summed E-state index contributed by atoms with van der Waals surface area (Å²) in [6, 6.07) is 10.0. The molecule has 0 saturated heterocycles. The Balaban J connectivity index is 1.86. The Morgan fingerprint density at radius 3 is 1.94 bits per heavy atom. The number of ketones is 1. The molecule has 3 aromatic rings. The molecular weight excluding hydrogens is 467 g/mol. The molecule has 0 aliphatic rings. The summed E-state index contributed by atoms with van der Waals surface area (Å²) in [7, 11) is 1.29. The van der Waals surface area contributed by atoms with E-state index in [2.05, 4.69) is 10.1 Å². The molecule has 0 fully saturated rings. The van der Waals surface area contributed by atoms with Gasteiger partial charge < -0.3 is 10.1 Å². The molecule has 0 unspecified atom stereocenters. The number of carbonyl (C=O) groups excluding carboxylic acids is 3. The molecular formula is C25H22F3NO4S. The van der Waals surface area contributed by atoms with Crippen molar-refractivity contribution in [1.29, 1.82) is 0 Å². The second kappa shape index (κ2) is 9.80. The zero-order valence-corrected chi connectivity index (χ0v) is 19.7. The van der Waals surface area contributed by atoms with Gasteiger partial charge in [-0.2, -0.15) is 13.2 Å². The number of methoxy groups -OCH3 is 1. The first-order valence-electron chi connectivity index (χ1n) is 10.2. The van der Waals surface area contributed by atoms with E-state index in [1.807, 2.05) is 0 Å². The van der Waals surface area contributed by atoms with E-state index in [-0.39, 0.29) is 16.7 Å². The Kier molecular flexibility index (Phi) is 7.26. The molecule has 1 N–H and O–H groups in total. The fourth-order valence-corrected chi connectivity index (χ4v) is 4.62. The monoisotopic (exact) mass is 489 g/mol. The summed E-state index contributed by atoms with van der Waals surface area (Å²) in [5.74, 6) is -1.46. The van der Waals surface area contributed by atoms with Gasteiger partial charge in [-0.3, -0.25) is 9.59 Å². The maximum atomic E-state index is 13.2. The smallest absolute Gasteiger partial charge is 0.416 e. The lowest BCUT2D eigenvalue weighted by atomic mass is 9.97. The normalized spacial score (nSPS) is 12.2. The van der Waals surface area contributed by atoms with Crippen molar-refractivity contribution < 1.29 is 32.3 Å². The Hall–Kier alpha value is -3.46. The minimum atomic E-state index is -4.51. The highest BCUT2D eigenvalue weighted by atomic mass is 32.1. The fraction of sp³-hybridized carbons (Fsp3) is 0.240. The molecule has 9 heteroatoms. The van der Waals surface area contributed by atoms with Gasteiger partial charge in [-0.1, -0.05) is 24.3 Å². The van der Waals surface area contributed by atoms with Crippen LogP contribution in [-0.4, -0.2) is 24.8 Å². The van der Waals surface area contributed by atoms with E-state index < -0.39 is 35.4 Å². The summed E-state index contributed by atoms with van der Waals surface area (Å²) in [6.45, 7) is 5.17. The third-order valence-electron chi connectivity index (χ3n) is 5.37. The molecule has 178 valence electrons. The summed E-state index contributed by atoms with van der Waals surface area (Å²) in [5.41, 5.74) is 0.694. The molecule has 2 aromatic carbocycles. The van der Waals surface area contributed by atoms with Gasteiger partial charge in [0.1, 0.15) is 0 Å². The Bertz CT molecular complexity index is 1230. The fourth-order valence-electron chi connectivity index (χ4n) is 3.56. The van der Waals surface area contributed by atoms with Gasteiger partial charge in [0, 0.05) is 20.9 Å². The number of rotatable bonds is 6. The highest BCUT2D eigenvalue weighted by Gasteiger charge is 2.31. The zero-order valence-electron chi connectivity index (χ0n) is 18.9. The van der Waals surface area contributed by atoms with Crippen LogP contribution in [0, 0.1) is 13.8 Å². The predicted molar refractivity (Wildman–Crippen MR) is 122 cm³/mol. The van der Waals surface area contributed by atoms with Crippen LogP contribution >= 0.6 is 11.3 Å². The maximum absolute atomic E-state index is 13.2. The van der Waals surface area contributed by atoms with Crippen LogP contribution in [0.2, 0.25) is 0 Å². The van der Waals surface area contributed by atoms with Crippen LogP contribution in [0.15, 0.2) is 48.5 Å². The van der Waals surface area contributed by atoms with Crippen molar-refractivity contribution in [2.75, 3.05) is 7.11 Å². The van der Waals surface area contributed by atoms with Gasteiger partial charge in [-0.05, 0) is 50.6 Å². The molecule has 0 saturated carbocycles. The first kappa shape index (κ1) is 25.2. The van der Waals surface area contributed by atoms with Crippen molar-refractivity contribution in [1.82, 2.24) is 5.32 Å². The Morgan fingerprint density at radius 1 is 0.882 bits per heavy atom. The van der Waals surface area contributed by atoms with Crippen LogP contribution in [0.4, 0.5) is 13.2 Å². The van der Waals surface area contributed by atoms with E-state index in [0.29, 0.717) is 15.3 Å². The average molecular weight is 490 g/mol. The first-order chi connectivity index (χ1) is 15.9. The number of benzene rings is 2. The van der Waals surface area contributed by atoms with Crippen molar-refractivity contribution in [2.45, 2.75) is 33.0 Å². The predicted octanol–water partition coefficient (Wildman–Crippen LogP) is 5.89. The number of amides is 1. The lowest BCUT2D eigenvalue weighted by Gasteiger charge is -2.16. The highest BCUT2D eigenvalue weighted by Crippen LogP contribution is 2.32. The number of thiophene rings is 1. The van der Waals surface area contributed by atoms with Crippen LogP contribution in [0.3, 0.4) is 0 Å². The van der Waals surface area contributed by atoms with Crippen LogP contribution < -0.4 is 5.32 Å². The lowest BCUT2D eigenvalue weighted by molar-refractivity contribution is -0.137. The molecule has 0 aliphatic heterocycles. The van der Waals surface area contributed by atoms with E-state index in [9.17, 15) is 27.6 Å². The quantitative estimate of drug-likeness (QED) is 0.346. The molecule has 0 spiro atoms. The molecule has 5 nitrogen and oxygen atoms in total. The number of carbonyl (C=O) groups is 3. The molecule has 0 bridgehead atoms. The molecule has 1 amide bonds. The largest absolute Gasteiger partial charge is 0.465 e. The maximum Gasteiger partial charge on any atom is 0.416 e. The van der Waals surface area contributed by atoms with Crippen LogP contribution in [-0.2, 0) is 10.9 Å². The third-order valence-corrected chi connectivity index (χ3v) is 6.39. The van der Waals surface area contributed by atoms with Crippen molar-refractivity contribution in [3.8, 4) is 0 Å². The van der Waals surface area contributed by atoms with Crippen molar-refractivity contribution in [3.05, 3.63) is 91.7 Å². The average Bonchev–Trinajstić information content (AvgIpc) is 3.11. The number of alkyl halides is 3. The number of nitrogens with one attached hydrogen (secondary N) is 1. The van der Waals surface area contributed by atoms with Crippen molar-refractivity contribution >= 4 is 29.0 Å². The number of ether oxygens (including phenoxy) is 1. The van der Waals surface area contributed by atoms with Gasteiger partial charge in [0.15, 0.2) is 5.78 Å². The van der Waals surface area contributed by atoms with E-state index >= 15 is 0 Å².